The lowest BCUT2D eigenvalue weighted by molar-refractivity contribution is -0.123. The number of amides is 1. The second-order valence-corrected chi connectivity index (χ2v) is 7.62. The molecule has 0 radical (unpaired) electrons. The van der Waals surface area contributed by atoms with Crippen LogP contribution in [0.1, 0.15) is 24.1 Å². The van der Waals surface area contributed by atoms with Crippen LogP contribution in [0.2, 0.25) is 0 Å². The van der Waals surface area contributed by atoms with E-state index in [1.807, 2.05) is 0 Å². The van der Waals surface area contributed by atoms with Gasteiger partial charge in [-0.25, -0.2) is 0 Å². The number of hydrogen-bond donors (Lipinski definition) is 1. The smallest absolute Gasteiger partial charge is 0.221 e. The molecule has 0 aromatic carbocycles. The number of hydrogen-bond acceptors (Lipinski definition) is 5. The molecule has 0 saturated carbocycles. The maximum atomic E-state index is 11.4. The Kier molecular flexibility index (Phi) is 6.09. The molecule has 0 aliphatic carbocycles. The Morgan fingerprint density at radius 2 is 1.96 bits per heavy atom. The van der Waals surface area contributed by atoms with Crippen LogP contribution in [-0.4, -0.2) is 83.2 Å². The van der Waals surface area contributed by atoms with Crippen LogP contribution in [0.3, 0.4) is 0 Å². The van der Waals surface area contributed by atoms with E-state index in [1.54, 1.807) is 0 Å². The van der Waals surface area contributed by atoms with E-state index in [4.69, 9.17) is 10.8 Å². The number of carbonyl (C=O) groups excluding carboxylic acids is 1. The van der Waals surface area contributed by atoms with Gasteiger partial charge < -0.3 is 15.5 Å². The lowest BCUT2D eigenvalue weighted by atomic mass is 9.97. The fraction of sp³-hybridized carbons (Fsp3) is 0.778. The van der Waals surface area contributed by atoms with E-state index in [1.165, 1.54) is 5.56 Å². The topological polar surface area (TPSA) is 70.6 Å². The van der Waals surface area contributed by atoms with Gasteiger partial charge in [0.15, 0.2) is 0 Å². The molecule has 2 aliphatic rings. The van der Waals surface area contributed by atoms with Crippen molar-refractivity contribution in [3.05, 3.63) is 17.5 Å². The van der Waals surface area contributed by atoms with Crippen LogP contribution in [0.25, 0.3) is 0 Å². The summed E-state index contributed by atoms with van der Waals surface area (Å²) in [4.78, 5) is 18.6. The Morgan fingerprint density at radius 1 is 1.20 bits per heavy atom. The third kappa shape index (κ3) is 5.03. The van der Waals surface area contributed by atoms with Crippen molar-refractivity contribution < 1.29 is 4.79 Å². The zero-order chi connectivity index (χ0) is 17.8. The molecule has 2 fully saturated rings. The summed E-state index contributed by atoms with van der Waals surface area (Å²) in [7, 11) is 2.18. The fourth-order valence-corrected chi connectivity index (χ4v) is 3.81. The number of likely N-dealkylation sites (tertiary alicyclic amines) is 1. The highest BCUT2D eigenvalue weighted by atomic mass is 16.1. The minimum Gasteiger partial charge on any atom is -0.369 e. The van der Waals surface area contributed by atoms with Gasteiger partial charge in [0, 0.05) is 57.6 Å². The quantitative estimate of drug-likeness (QED) is 0.792. The van der Waals surface area contributed by atoms with Crippen LogP contribution in [-0.2, 0) is 17.9 Å². The molecule has 1 amide bonds. The molecule has 0 unspecified atom stereocenters. The van der Waals surface area contributed by atoms with E-state index in [0.717, 1.165) is 77.4 Å². The van der Waals surface area contributed by atoms with Crippen LogP contribution < -0.4 is 5.73 Å². The van der Waals surface area contributed by atoms with Gasteiger partial charge in [0.05, 0.1) is 18.2 Å². The van der Waals surface area contributed by atoms with Crippen LogP contribution in [0.4, 0.5) is 0 Å². The van der Waals surface area contributed by atoms with Crippen LogP contribution >= 0.6 is 0 Å². The number of nitrogens with zero attached hydrogens (tertiary/aromatic N) is 5. The number of nitrogens with two attached hydrogens (primary N) is 1. The summed E-state index contributed by atoms with van der Waals surface area (Å²) in [5.41, 5.74) is 7.93. The molecule has 3 heterocycles. The second kappa shape index (κ2) is 8.29. The first-order chi connectivity index (χ1) is 12.0. The average molecular weight is 348 g/mol. The predicted molar refractivity (Wildman–Crippen MR) is 98.1 cm³/mol. The van der Waals surface area contributed by atoms with Crippen molar-refractivity contribution in [1.82, 2.24) is 24.5 Å². The Balaban J connectivity index is 1.49. The summed E-state index contributed by atoms with van der Waals surface area (Å²) in [5.74, 6) is -0.144. The number of piperazine rings is 1. The molecule has 1 aromatic heterocycles. The minimum absolute atomic E-state index is 0.0147. The van der Waals surface area contributed by atoms with Crippen LogP contribution in [0, 0.1) is 12.8 Å². The number of primary amides is 1. The van der Waals surface area contributed by atoms with Gasteiger partial charge in [-0.15, -0.1) is 0 Å². The number of aryl methyl sites for hydroxylation is 1. The maximum Gasteiger partial charge on any atom is 0.221 e. The van der Waals surface area contributed by atoms with Gasteiger partial charge >= 0.3 is 0 Å². The highest BCUT2D eigenvalue weighted by Gasteiger charge is 2.23. The van der Waals surface area contributed by atoms with Gasteiger partial charge in [-0.05, 0) is 33.4 Å². The molecule has 0 bridgehead atoms. The van der Waals surface area contributed by atoms with Crippen molar-refractivity contribution in [2.75, 3.05) is 52.9 Å². The molecule has 25 heavy (non-hydrogen) atoms. The zero-order valence-electron chi connectivity index (χ0n) is 15.7. The largest absolute Gasteiger partial charge is 0.369 e. The van der Waals surface area contributed by atoms with E-state index in [0.29, 0.717) is 0 Å². The summed E-state index contributed by atoms with van der Waals surface area (Å²) in [6.45, 7) is 11.3. The SMILES string of the molecule is Cc1nn(CCN2CCC[C@@H](C(N)=O)C2)cc1CN1CCN(C)CC1. The molecule has 1 atom stereocenters. The fourth-order valence-electron chi connectivity index (χ4n) is 3.81. The molecular weight excluding hydrogens is 316 g/mol. The highest BCUT2D eigenvalue weighted by molar-refractivity contribution is 5.76. The third-order valence-electron chi connectivity index (χ3n) is 5.59. The van der Waals surface area contributed by atoms with E-state index < -0.39 is 0 Å². The molecule has 0 spiro atoms. The standard InChI is InChI=1S/C18H32N6O/c1-15-17(13-23-8-6-21(2)7-9-23)14-24(20-15)11-10-22-5-3-4-16(12-22)18(19)25/h14,16H,3-13H2,1-2H3,(H2,19,25)/t16-/m1/s1. The third-order valence-corrected chi connectivity index (χ3v) is 5.59. The number of rotatable bonds is 6. The molecule has 3 rings (SSSR count). The summed E-state index contributed by atoms with van der Waals surface area (Å²) >= 11 is 0. The molecule has 2 saturated heterocycles. The van der Waals surface area contributed by atoms with E-state index >= 15 is 0 Å². The number of piperidine rings is 1. The highest BCUT2D eigenvalue weighted by Crippen LogP contribution is 2.16. The molecule has 1 aromatic rings. The van der Waals surface area contributed by atoms with E-state index in [9.17, 15) is 4.79 Å². The Labute approximate surface area is 150 Å². The molecular formula is C18H32N6O. The lowest BCUT2D eigenvalue weighted by Gasteiger charge is -2.32. The minimum atomic E-state index is -0.158. The van der Waals surface area contributed by atoms with Gasteiger partial charge in [-0.2, -0.15) is 5.10 Å². The van der Waals surface area contributed by atoms with Crippen LogP contribution in [0.5, 0.6) is 0 Å². The summed E-state index contributed by atoms with van der Waals surface area (Å²) < 4.78 is 2.06. The first-order valence-corrected chi connectivity index (χ1v) is 9.47. The van der Waals surface area contributed by atoms with Crippen molar-refractivity contribution in [3.8, 4) is 0 Å². The summed E-state index contributed by atoms with van der Waals surface area (Å²) in [6.07, 6.45) is 4.19. The number of likely N-dealkylation sites (N-methyl/N-ethyl adjacent to an activating group) is 1. The van der Waals surface area contributed by atoms with Crippen molar-refractivity contribution >= 4 is 5.91 Å². The molecule has 7 nitrogen and oxygen atoms in total. The first-order valence-electron chi connectivity index (χ1n) is 9.47. The predicted octanol–water partition coefficient (Wildman–Crippen LogP) is 0.136. The first kappa shape index (κ1) is 18.4. The Bertz CT molecular complexity index is 578. The van der Waals surface area contributed by atoms with Gasteiger partial charge in [0.2, 0.25) is 5.91 Å². The lowest BCUT2D eigenvalue weighted by Crippen LogP contribution is -2.43. The zero-order valence-corrected chi connectivity index (χ0v) is 15.7. The normalized spacial score (nSPS) is 23.8. The summed E-state index contributed by atoms with van der Waals surface area (Å²) in [5, 5.41) is 4.69. The van der Waals surface area contributed by atoms with Crippen molar-refractivity contribution in [2.45, 2.75) is 32.9 Å². The second-order valence-electron chi connectivity index (χ2n) is 7.62. The Hall–Kier alpha value is -1.44. The average Bonchev–Trinajstić information content (AvgIpc) is 2.95. The molecule has 140 valence electrons. The molecule has 2 aliphatic heterocycles. The number of carbonyl (C=O) groups is 1. The monoisotopic (exact) mass is 348 g/mol. The van der Waals surface area contributed by atoms with Crippen molar-refractivity contribution in [3.63, 3.8) is 0 Å². The summed E-state index contributed by atoms with van der Waals surface area (Å²) in [6, 6.07) is 0. The van der Waals surface area contributed by atoms with Crippen LogP contribution in [0.15, 0.2) is 6.20 Å². The van der Waals surface area contributed by atoms with Gasteiger partial charge in [0.25, 0.3) is 0 Å². The molecule has 2 N–H and O–H groups in total. The number of aromatic nitrogens is 2. The molecule has 7 heteroatoms. The van der Waals surface area contributed by atoms with Crippen molar-refractivity contribution in [1.29, 1.82) is 0 Å². The maximum absolute atomic E-state index is 11.4. The van der Waals surface area contributed by atoms with Crippen molar-refractivity contribution in [2.24, 2.45) is 11.7 Å². The van der Waals surface area contributed by atoms with Gasteiger partial charge in [0.1, 0.15) is 0 Å². The van der Waals surface area contributed by atoms with E-state index in [-0.39, 0.29) is 11.8 Å². The van der Waals surface area contributed by atoms with Gasteiger partial charge in [-0.1, -0.05) is 0 Å². The van der Waals surface area contributed by atoms with E-state index in [2.05, 4.69) is 39.5 Å². The van der Waals surface area contributed by atoms with Gasteiger partial charge in [-0.3, -0.25) is 14.4 Å². The Morgan fingerprint density at radius 3 is 2.68 bits per heavy atom.